The molecule has 2 rings (SSSR count). The first-order valence-corrected chi connectivity index (χ1v) is 5.17. The third-order valence-electron chi connectivity index (χ3n) is 2.68. The molecule has 1 aliphatic rings. The molecule has 1 saturated carbocycles. The van der Waals surface area contributed by atoms with Crippen LogP contribution in [-0.2, 0) is 11.3 Å². The van der Waals surface area contributed by atoms with E-state index in [0.29, 0.717) is 5.92 Å². The Balaban J connectivity index is 2.09. The van der Waals surface area contributed by atoms with Crippen molar-refractivity contribution in [3.05, 3.63) is 18.2 Å². The molecule has 1 fully saturated rings. The summed E-state index contributed by atoms with van der Waals surface area (Å²) in [6.07, 6.45) is -0.878. The molecule has 1 aliphatic carbocycles. The van der Waals surface area contributed by atoms with E-state index in [1.807, 2.05) is 0 Å². The lowest BCUT2D eigenvalue weighted by molar-refractivity contribution is -0.699. The van der Waals surface area contributed by atoms with Gasteiger partial charge >= 0.3 is 6.18 Å². The van der Waals surface area contributed by atoms with Crippen LogP contribution in [0.5, 0.6) is 0 Å². The van der Waals surface area contributed by atoms with Gasteiger partial charge in [-0.05, 0) is 18.8 Å². The summed E-state index contributed by atoms with van der Waals surface area (Å²) in [7, 11) is 1.06. The van der Waals surface area contributed by atoms with Gasteiger partial charge in [-0.15, -0.1) is 0 Å². The third kappa shape index (κ3) is 2.55. The molecule has 0 bridgehead atoms. The highest BCUT2D eigenvalue weighted by Gasteiger charge is 2.44. The molecule has 90 valence electrons. The maximum absolute atomic E-state index is 12.5. The lowest BCUT2D eigenvalue weighted by Gasteiger charge is -2.14. The van der Waals surface area contributed by atoms with E-state index in [0.717, 1.165) is 13.7 Å². The molecular weight excluding hydrogens is 221 g/mol. The Hall–Kier alpha value is -1.04. The maximum Gasteiger partial charge on any atom is 0.422 e. The highest BCUT2D eigenvalue weighted by molar-refractivity contribution is 4.99. The fourth-order valence-corrected chi connectivity index (χ4v) is 1.69. The highest BCUT2D eigenvalue weighted by Crippen LogP contribution is 2.34. The maximum atomic E-state index is 12.5. The number of H-pyrrole nitrogens is 1. The number of nitrogens with zero attached hydrogens (tertiary/aromatic N) is 1. The standard InChI is InChI=1S/C10H13F3N2O/c1-16-9(10(11,12)13)8-5-15(6-14-8)4-7-2-3-7/h5-7,9H,2-4H2,1H3/p+1. The summed E-state index contributed by atoms with van der Waals surface area (Å²) in [4.78, 5) is 2.61. The second-order valence-corrected chi connectivity index (χ2v) is 4.16. The van der Waals surface area contributed by atoms with Crippen LogP contribution in [0.1, 0.15) is 24.6 Å². The minimum atomic E-state index is -4.38. The van der Waals surface area contributed by atoms with Gasteiger partial charge in [0.1, 0.15) is 6.20 Å². The van der Waals surface area contributed by atoms with E-state index in [1.54, 1.807) is 10.9 Å². The molecule has 6 heteroatoms. The fraction of sp³-hybridized carbons (Fsp3) is 0.700. The van der Waals surface area contributed by atoms with Crippen molar-refractivity contribution in [3.63, 3.8) is 0 Å². The molecular formula is C10H14F3N2O+. The second-order valence-electron chi connectivity index (χ2n) is 4.16. The highest BCUT2D eigenvalue weighted by atomic mass is 19.4. The Kier molecular flexibility index (Phi) is 2.92. The van der Waals surface area contributed by atoms with Gasteiger partial charge in [-0.3, -0.25) is 0 Å². The number of hydrogen-bond acceptors (Lipinski definition) is 1. The van der Waals surface area contributed by atoms with Gasteiger partial charge in [0.05, 0.1) is 6.54 Å². The van der Waals surface area contributed by atoms with Crippen LogP contribution < -0.4 is 4.57 Å². The smallest absolute Gasteiger partial charge is 0.364 e. The Bertz CT molecular complexity index is 357. The van der Waals surface area contributed by atoms with Crippen molar-refractivity contribution >= 4 is 0 Å². The minimum Gasteiger partial charge on any atom is -0.364 e. The van der Waals surface area contributed by atoms with Gasteiger partial charge in [-0.2, -0.15) is 13.2 Å². The zero-order chi connectivity index (χ0) is 11.8. The molecule has 3 nitrogen and oxygen atoms in total. The van der Waals surface area contributed by atoms with E-state index in [2.05, 4.69) is 9.72 Å². The van der Waals surface area contributed by atoms with Crippen LogP contribution >= 0.6 is 0 Å². The van der Waals surface area contributed by atoms with E-state index in [4.69, 9.17) is 0 Å². The Labute approximate surface area is 91.2 Å². The average Bonchev–Trinajstić information content (AvgIpc) is 2.85. The summed E-state index contributed by atoms with van der Waals surface area (Å²) in [6.45, 7) is 0.783. The largest absolute Gasteiger partial charge is 0.422 e. The second kappa shape index (κ2) is 4.08. The van der Waals surface area contributed by atoms with Gasteiger partial charge in [-0.25, -0.2) is 9.55 Å². The number of rotatable bonds is 4. The van der Waals surface area contributed by atoms with E-state index < -0.39 is 12.3 Å². The van der Waals surface area contributed by atoms with Crippen molar-refractivity contribution in [2.75, 3.05) is 7.11 Å². The minimum absolute atomic E-state index is 0.0515. The average molecular weight is 235 g/mol. The first-order chi connectivity index (χ1) is 7.50. The Morgan fingerprint density at radius 1 is 1.56 bits per heavy atom. The molecule has 0 spiro atoms. The van der Waals surface area contributed by atoms with Crippen LogP contribution in [-0.4, -0.2) is 18.3 Å². The van der Waals surface area contributed by atoms with E-state index in [9.17, 15) is 13.2 Å². The Morgan fingerprint density at radius 3 is 2.75 bits per heavy atom. The van der Waals surface area contributed by atoms with Crippen LogP contribution in [0.3, 0.4) is 0 Å². The van der Waals surface area contributed by atoms with Gasteiger partial charge in [-0.1, -0.05) is 0 Å². The summed E-state index contributed by atoms with van der Waals surface area (Å²) < 4.78 is 43.8. The third-order valence-corrected chi connectivity index (χ3v) is 2.68. The van der Waals surface area contributed by atoms with Crippen molar-refractivity contribution in [2.24, 2.45) is 5.92 Å². The summed E-state index contributed by atoms with van der Waals surface area (Å²) >= 11 is 0. The number of aromatic nitrogens is 2. The van der Waals surface area contributed by atoms with Crippen LogP contribution in [0.25, 0.3) is 0 Å². The van der Waals surface area contributed by atoms with Crippen molar-refractivity contribution in [1.82, 2.24) is 4.98 Å². The SMILES string of the molecule is COC(c1c[n+](CC2CC2)c[nH]1)C(F)(F)F. The molecule has 0 aliphatic heterocycles. The normalized spacial score (nSPS) is 18.8. The number of ether oxygens (including phenoxy) is 1. The van der Waals surface area contributed by atoms with Gasteiger partial charge in [0, 0.05) is 7.11 Å². The summed E-state index contributed by atoms with van der Waals surface area (Å²) in [5.41, 5.74) is 0.0515. The molecule has 16 heavy (non-hydrogen) atoms. The molecule has 0 radical (unpaired) electrons. The van der Waals surface area contributed by atoms with Crippen molar-refractivity contribution in [3.8, 4) is 0 Å². The van der Waals surface area contributed by atoms with Crippen LogP contribution in [0.2, 0.25) is 0 Å². The monoisotopic (exact) mass is 235 g/mol. The molecule has 0 saturated heterocycles. The zero-order valence-electron chi connectivity index (χ0n) is 8.92. The van der Waals surface area contributed by atoms with Crippen LogP contribution in [0.15, 0.2) is 12.5 Å². The molecule has 1 heterocycles. The predicted octanol–water partition coefficient (Wildman–Crippen LogP) is 1.96. The van der Waals surface area contributed by atoms with Crippen molar-refractivity contribution in [1.29, 1.82) is 0 Å². The number of methoxy groups -OCH3 is 1. The number of aromatic amines is 1. The lowest BCUT2D eigenvalue weighted by Crippen LogP contribution is -2.32. The number of imidazole rings is 1. The molecule has 1 atom stereocenters. The molecule has 1 N–H and O–H groups in total. The molecule has 1 aromatic rings. The first-order valence-electron chi connectivity index (χ1n) is 5.17. The molecule has 1 unspecified atom stereocenters. The van der Waals surface area contributed by atoms with Gasteiger partial charge in [0.15, 0.2) is 5.69 Å². The lowest BCUT2D eigenvalue weighted by atomic mass is 10.2. The van der Waals surface area contributed by atoms with Crippen molar-refractivity contribution < 1.29 is 22.5 Å². The van der Waals surface area contributed by atoms with Gasteiger partial charge in [0.2, 0.25) is 12.4 Å². The summed E-state index contributed by atoms with van der Waals surface area (Å²) in [5.74, 6) is 0.625. The number of nitrogens with one attached hydrogen (secondary N) is 1. The van der Waals surface area contributed by atoms with Gasteiger partial charge in [0.25, 0.3) is 0 Å². The number of hydrogen-bond donors (Lipinski definition) is 1. The fourth-order valence-electron chi connectivity index (χ4n) is 1.69. The molecule has 1 aromatic heterocycles. The van der Waals surface area contributed by atoms with Gasteiger partial charge < -0.3 is 4.74 Å². The molecule has 0 aromatic carbocycles. The quantitative estimate of drug-likeness (QED) is 0.794. The molecule has 0 amide bonds. The van der Waals surface area contributed by atoms with Crippen LogP contribution in [0.4, 0.5) is 13.2 Å². The van der Waals surface area contributed by atoms with E-state index in [-0.39, 0.29) is 5.69 Å². The van der Waals surface area contributed by atoms with E-state index in [1.165, 1.54) is 19.0 Å². The topological polar surface area (TPSA) is 28.9 Å². The van der Waals surface area contributed by atoms with Crippen LogP contribution in [0, 0.1) is 5.92 Å². The number of halogens is 3. The predicted molar refractivity (Wildman–Crippen MR) is 49.5 cm³/mol. The zero-order valence-corrected chi connectivity index (χ0v) is 8.92. The summed E-state index contributed by atoms with van der Waals surface area (Å²) in [6, 6.07) is 0. The van der Waals surface area contributed by atoms with E-state index >= 15 is 0 Å². The van der Waals surface area contributed by atoms with Crippen molar-refractivity contribution in [2.45, 2.75) is 31.7 Å². The summed E-state index contributed by atoms with van der Waals surface area (Å²) in [5, 5.41) is 0. The Morgan fingerprint density at radius 2 is 2.25 bits per heavy atom. The first kappa shape index (κ1) is 11.4. The number of alkyl halides is 3.